The highest BCUT2D eigenvalue weighted by molar-refractivity contribution is 6.17. The lowest BCUT2D eigenvalue weighted by molar-refractivity contribution is 0.670. The van der Waals surface area contributed by atoms with Crippen molar-refractivity contribution in [1.29, 1.82) is 0 Å². The van der Waals surface area contributed by atoms with Gasteiger partial charge >= 0.3 is 0 Å². The van der Waals surface area contributed by atoms with E-state index in [1.54, 1.807) is 0 Å². The summed E-state index contributed by atoms with van der Waals surface area (Å²) in [6, 6.07) is 29.8. The van der Waals surface area contributed by atoms with Gasteiger partial charge < -0.3 is 8.98 Å². The maximum atomic E-state index is 6.40. The van der Waals surface area contributed by atoms with E-state index in [0.717, 1.165) is 16.7 Å². The topological polar surface area (TPSA) is 18.1 Å². The summed E-state index contributed by atoms with van der Waals surface area (Å²) in [4.78, 5) is 0. The van der Waals surface area contributed by atoms with E-state index in [1.165, 1.54) is 38.1 Å². The van der Waals surface area contributed by atoms with Crippen LogP contribution in [0.2, 0.25) is 0 Å². The van der Waals surface area contributed by atoms with Gasteiger partial charge in [-0.1, -0.05) is 66.7 Å². The number of aryl methyl sites for hydroxylation is 1. The van der Waals surface area contributed by atoms with Gasteiger partial charge in [-0.2, -0.15) is 0 Å². The second-order valence-corrected chi connectivity index (χ2v) is 7.09. The Morgan fingerprint density at radius 3 is 2.30 bits per heavy atom. The summed E-state index contributed by atoms with van der Waals surface area (Å²) in [5, 5.41) is 4.83. The van der Waals surface area contributed by atoms with Crippen molar-refractivity contribution >= 4 is 43.7 Å². The molecule has 0 radical (unpaired) electrons. The zero-order chi connectivity index (χ0) is 18.0. The second kappa shape index (κ2) is 5.24. The van der Waals surface area contributed by atoms with E-state index < -0.39 is 0 Å². The van der Waals surface area contributed by atoms with E-state index in [4.69, 9.17) is 4.42 Å². The minimum absolute atomic E-state index is 0.942. The molecule has 0 spiro atoms. The molecule has 128 valence electrons. The predicted octanol–water partition coefficient (Wildman–Crippen LogP) is 6.90. The number of para-hydroxylation sites is 2. The van der Waals surface area contributed by atoms with Crippen LogP contribution in [0.1, 0.15) is 0 Å². The zero-order valence-electron chi connectivity index (χ0n) is 14.9. The van der Waals surface area contributed by atoms with Crippen LogP contribution in [0.4, 0.5) is 0 Å². The van der Waals surface area contributed by atoms with E-state index in [0.29, 0.717) is 0 Å². The highest BCUT2D eigenvalue weighted by Crippen LogP contribution is 2.39. The highest BCUT2D eigenvalue weighted by Gasteiger charge is 2.15. The van der Waals surface area contributed by atoms with Crippen LogP contribution in [0.5, 0.6) is 0 Å². The van der Waals surface area contributed by atoms with Gasteiger partial charge in [-0.15, -0.1) is 0 Å². The van der Waals surface area contributed by atoms with E-state index in [2.05, 4.69) is 90.5 Å². The summed E-state index contributed by atoms with van der Waals surface area (Å²) in [5.74, 6) is 0. The van der Waals surface area contributed by atoms with Crippen molar-refractivity contribution in [1.82, 2.24) is 4.57 Å². The Bertz CT molecular complexity index is 1470. The molecule has 0 aliphatic heterocycles. The molecule has 2 nitrogen and oxygen atoms in total. The summed E-state index contributed by atoms with van der Waals surface area (Å²) in [7, 11) is 2.13. The van der Waals surface area contributed by atoms with Crippen molar-refractivity contribution in [3.63, 3.8) is 0 Å². The van der Waals surface area contributed by atoms with Crippen LogP contribution < -0.4 is 0 Å². The molecule has 2 heteroatoms. The van der Waals surface area contributed by atoms with Crippen LogP contribution in [0.15, 0.2) is 89.3 Å². The average molecular weight is 347 g/mol. The number of hydrogen-bond donors (Lipinski definition) is 0. The predicted molar refractivity (Wildman–Crippen MR) is 113 cm³/mol. The molecular weight excluding hydrogens is 330 g/mol. The standard InChI is InChI=1S/C25H17NO/c1-26-22-13-6-5-10-18(22)20-15-24-21(14-23(20)26)19-12-7-11-17(25(19)27-24)16-8-3-2-4-9-16/h2-15H,1H3. The van der Waals surface area contributed by atoms with Crippen LogP contribution in [0, 0.1) is 0 Å². The lowest BCUT2D eigenvalue weighted by Crippen LogP contribution is -1.85. The Labute approximate surface area is 156 Å². The number of aromatic nitrogens is 1. The quantitative estimate of drug-likeness (QED) is 0.316. The lowest BCUT2D eigenvalue weighted by Gasteiger charge is -2.01. The van der Waals surface area contributed by atoms with Gasteiger partial charge in [0.1, 0.15) is 11.2 Å². The van der Waals surface area contributed by atoms with Gasteiger partial charge in [-0.3, -0.25) is 0 Å². The summed E-state index contributed by atoms with van der Waals surface area (Å²) < 4.78 is 8.66. The smallest absolute Gasteiger partial charge is 0.143 e. The lowest BCUT2D eigenvalue weighted by atomic mass is 10.0. The number of nitrogens with zero attached hydrogens (tertiary/aromatic N) is 1. The first-order valence-electron chi connectivity index (χ1n) is 9.19. The third-order valence-electron chi connectivity index (χ3n) is 5.62. The summed E-state index contributed by atoms with van der Waals surface area (Å²) in [6.07, 6.45) is 0. The molecule has 0 saturated carbocycles. The molecule has 2 aromatic heterocycles. The second-order valence-electron chi connectivity index (χ2n) is 7.09. The van der Waals surface area contributed by atoms with Gasteiger partial charge in [0.25, 0.3) is 0 Å². The molecule has 0 bridgehead atoms. The minimum Gasteiger partial charge on any atom is -0.455 e. The van der Waals surface area contributed by atoms with Gasteiger partial charge in [0.2, 0.25) is 0 Å². The largest absolute Gasteiger partial charge is 0.455 e. The average Bonchev–Trinajstić information content (AvgIpc) is 3.23. The van der Waals surface area contributed by atoms with Gasteiger partial charge in [0.15, 0.2) is 0 Å². The Kier molecular flexibility index (Phi) is 2.84. The number of hydrogen-bond acceptors (Lipinski definition) is 1. The number of furan rings is 1. The van der Waals surface area contributed by atoms with Crippen molar-refractivity contribution < 1.29 is 4.42 Å². The molecule has 0 aliphatic rings. The molecule has 4 aromatic carbocycles. The summed E-state index contributed by atoms with van der Waals surface area (Å²) in [6.45, 7) is 0. The molecule has 0 N–H and O–H groups in total. The Morgan fingerprint density at radius 1 is 0.630 bits per heavy atom. The molecule has 27 heavy (non-hydrogen) atoms. The fraction of sp³-hybridized carbons (Fsp3) is 0.0400. The first kappa shape index (κ1) is 14.6. The number of fused-ring (bicyclic) bond motifs is 6. The van der Waals surface area contributed by atoms with Crippen LogP contribution in [-0.4, -0.2) is 4.57 Å². The van der Waals surface area contributed by atoms with Crippen molar-refractivity contribution in [2.75, 3.05) is 0 Å². The SMILES string of the molecule is Cn1c2ccccc2c2cc3oc4c(-c5ccccc5)cccc4c3cc21. The third kappa shape index (κ3) is 1.95. The van der Waals surface area contributed by atoms with Crippen LogP contribution in [-0.2, 0) is 7.05 Å². The van der Waals surface area contributed by atoms with E-state index >= 15 is 0 Å². The van der Waals surface area contributed by atoms with Crippen LogP contribution >= 0.6 is 0 Å². The first-order valence-corrected chi connectivity index (χ1v) is 9.19. The van der Waals surface area contributed by atoms with Gasteiger partial charge in [-0.25, -0.2) is 0 Å². The maximum Gasteiger partial charge on any atom is 0.143 e. The van der Waals surface area contributed by atoms with E-state index in [-0.39, 0.29) is 0 Å². The molecule has 0 fully saturated rings. The molecule has 0 aliphatic carbocycles. The first-order chi connectivity index (χ1) is 13.3. The van der Waals surface area contributed by atoms with Crippen molar-refractivity contribution in [2.45, 2.75) is 0 Å². The summed E-state index contributed by atoms with van der Waals surface area (Å²) in [5.41, 5.74) is 6.69. The van der Waals surface area contributed by atoms with Crippen molar-refractivity contribution in [3.8, 4) is 11.1 Å². The molecular formula is C25H17NO. The van der Waals surface area contributed by atoms with Crippen LogP contribution in [0.3, 0.4) is 0 Å². The number of rotatable bonds is 1. The Balaban J connectivity index is 1.75. The molecule has 0 atom stereocenters. The third-order valence-corrected chi connectivity index (χ3v) is 5.62. The molecule has 0 amide bonds. The normalized spacial score (nSPS) is 11.9. The van der Waals surface area contributed by atoms with Gasteiger partial charge in [-0.05, 0) is 23.8 Å². The maximum absolute atomic E-state index is 6.40. The minimum atomic E-state index is 0.942. The van der Waals surface area contributed by atoms with Crippen molar-refractivity contribution in [2.24, 2.45) is 7.05 Å². The van der Waals surface area contributed by atoms with Gasteiger partial charge in [0, 0.05) is 45.2 Å². The van der Waals surface area contributed by atoms with E-state index in [9.17, 15) is 0 Å². The molecule has 0 unspecified atom stereocenters. The van der Waals surface area contributed by atoms with Gasteiger partial charge in [0.05, 0.1) is 0 Å². The highest BCUT2D eigenvalue weighted by atomic mass is 16.3. The monoisotopic (exact) mass is 347 g/mol. The fourth-order valence-corrected chi connectivity index (χ4v) is 4.29. The molecule has 0 saturated heterocycles. The van der Waals surface area contributed by atoms with Crippen LogP contribution in [0.25, 0.3) is 54.9 Å². The number of benzene rings is 4. The molecule has 6 aromatic rings. The summed E-state index contributed by atoms with van der Waals surface area (Å²) >= 11 is 0. The van der Waals surface area contributed by atoms with E-state index in [1.807, 2.05) is 6.07 Å². The molecule has 6 rings (SSSR count). The fourth-order valence-electron chi connectivity index (χ4n) is 4.29. The Morgan fingerprint density at radius 2 is 1.41 bits per heavy atom. The molecule has 2 heterocycles. The Hall–Kier alpha value is -3.52. The zero-order valence-corrected chi connectivity index (χ0v) is 14.9. The van der Waals surface area contributed by atoms with Crippen molar-refractivity contribution in [3.05, 3.63) is 84.9 Å².